The van der Waals surface area contributed by atoms with Crippen LogP contribution in [0.1, 0.15) is 46.1 Å². The van der Waals surface area contributed by atoms with Crippen molar-refractivity contribution in [3.63, 3.8) is 0 Å². The molecule has 0 aliphatic carbocycles. The number of ether oxygens (including phenoxy) is 2. The number of amides is 1. The molecular weight excluding hydrogens is 266 g/mol. The number of aryl methyl sites for hydroxylation is 1. The Bertz CT molecular complexity index is 469. The topological polar surface area (TPSA) is 47.6 Å². The number of carbonyl (C=O) groups is 1. The molecule has 4 nitrogen and oxygen atoms in total. The molecule has 0 spiro atoms. The van der Waals surface area contributed by atoms with Crippen LogP contribution in [0.5, 0.6) is 5.75 Å². The second-order valence-electron chi connectivity index (χ2n) is 5.64. The van der Waals surface area contributed by atoms with Crippen LogP contribution in [0.2, 0.25) is 0 Å². The Morgan fingerprint density at radius 2 is 1.86 bits per heavy atom. The summed E-state index contributed by atoms with van der Waals surface area (Å²) in [6.07, 6.45) is 1.86. The Kier molecular flexibility index (Phi) is 6.69. The van der Waals surface area contributed by atoms with Gasteiger partial charge in [0, 0.05) is 12.3 Å². The smallest absolute Gasteiger partial charge is 0.256 e. The Balaban J connectivity index is 2.70. The van der Waals surface area contributed by atoms with Crippen molar-refractivity contribution < 1.29 is 14.3 Å². The third-order valence-corrected chi connectivity index (χ3v) is 3.11. The highest BCUT2D eigenvalue weighted by molar-refractivity contribution is 5.96. The van der Waals surface area contributed by atoms with Crippen LogP contribution in [-0.2, 0) is 9.53 Å². The summed E-state index contributed by atoms with van der Waals surface area (Å²) < 4.78 is 11.2. The number of carbonyl (C=O) groups excluding carboxylic acids is 1. The van der Waals surface area contributed by atoms with Crippen molar-refractivity contribution in [3.05, 3.63) is 23.8 Å². The summed E-state index contributed by atoms with van der Waals surface area (Å²) >= 11 is 0. The number of hydrogen-bond donors (Lipinski definition) is 1. The Hall–Kier alpha value is -1.55. The lowest BCUT2D eigenvalue weighted by Crippen LogP contribution is -2.40. The fourth-order valence-corrected chi connectivity index (χ4v) is 1.81. The number of nitrogens with one attached hydrogen (secondary N) is 1. The van der Waals surface area contributed by atoms with Crippen molar-refractivity contribution in [1.29, 1.82) is 0 Å². The van der Waals surface area contributed by atoms with E-state index in [0.29, 0.717) is 13.2 Å². The third-order valence-electron chi connectivity index (χ3n) is 3.11. The zero-order valence-corrected chi connectivity index (χ0v) is 13.8. The second-order valence-corrected chi connectivity index (χ2v) is 5.64. The van der Waals surface area contributed by atoms with E-state index in [4.69, 9.17) is 9.47 Å². The zero-order chi connectivity index (χ0) is 15.9. The van der Waals surface area contributed by atoms with Crippen molar-refractivity contribution in [2.24, 2.45) is 0 Å². The summed E-state index contributed by atoms with van der Waals surface area (Å²) in [5.74, 6) is 0.717. The SMILES string of the molecule is CCCOc1ccc(NC(=O)C(C)(C)OCCC)cc1C. The lowest BCUT2D eigenvalue weighted by molar-refractivity contribution is -0.137. The van der Waals surface area contributed by atoms with Gasteiger partial charge in [0.1, 0.15) is 11.4 Å². The first-order valence-electron chi connectivity index (χ1n) is 7.59. The molecule has 0 saturated carbocycles. The van der Waals surface area contributed by atoms with Gasteiger partial charge in [-0.1, -0.05) is 13.8 Å². The molecule has 0 radical (unpaired) electrons. The molecule has 1 aromatic rings. The van der Waals surface area contributed by atoms with Gasteiger partial charge in [-0.15, -0.1) is 0 Å². The molecule has 1 aromatic carbocycles. The first kappa shape index (κ1) is 17.5. The summed E-state index contributed by atoms with van der Waals surface area (Å²) in [4.78, 5) is 12.2. The minimum atomic E-state index is -0.832. The van der Waals surface area contributed by atoms with Gasteiger partial charge in [-0.3, -0.25) is 4.79 Å². The second kappa shape index (κ2) is 8.03. The van der Waals surface area contributed by atoms with Crippen molar-refractivity contribution >= 4 is 11.6 Å². The summed E-state index contributed by atoms with van der Waals surface area (Å²) in [6, 6.07) is 5.66. The predicted octanol–water partition coefficient (Wildman–Crippen LogP) is 3.93. The largest absolute Gasteiger partial charge is 0.493 e. The molecule has 0 aliphatic rings. The van der Waals surface area contributed by atoms with E-state index in [0.717, 1.165) is 29.8 Å². The quantitative estimate of drug-likeness (QED) is 0.790. The van der Waals surface area contributed by atoms with Gasteiger partial charge in [0.2, 0.25) is 0 Å². The fourth-order valence-electron chi connectivity index (χ4n) is 1.81. The van der Waals surface area contributed by atoms with Crippen LogP contribution in [-0.4, -0.2) is 24.7 Å². The number of anilines is 1. The molecule has 0 fully saturated rings. The van der Waals surface area contributed by atoms with Gasteiger partial charge in [-0.2, -0.15) is 0 Å². The molecule has 21 heavy (non-hydrogen) atoms. The van der Waals surface area contributed by atoms with E-state index in [1.165, 1.54) is 0 Å². The fraction of sp³-hybridized carbons (Fsp3) is 0.588. The molecular formula is C17H27NO3. The van der Waals surface area contributed by atoms with Crippen LogP contribution in [0.25, 0.3) is 0 Å². The maximum absolute atomic E-state index is 12.2. The van der Waals surface area contributed by atoms with E-state index in [1.807, 2.05) is 32.0 Å². The number of benzene rings is 1. The van der Waals surface area contributed by atoms with E-state index >= 15 is 0 Å². The number of hydrogen-bond acceptors (Lipinski definition) is 3. The molecule has 0 aliphatic heterocycles. The van der Waals surface area contributed by atoms with Gasteiger partial charge in [0.05, 0.1) is 6.61 Å². The average Bonchev–Trinajstić information content (AvgIpc) is 2.44. The standard InChI is InChI=1S/C17H27NO3/c1-6-10-20-15-9-8-14(12-13(15)3)18-16(19)17(4,5)21-11-7-2/h8-9,12H,6-7,10-11H2,1-5H3,(H,18,19). The van der Waals surface area contributed by atoms with Crippen LogP contribution < -0.4 is 10.1 Å². The van der Waals surface area contributed by atoms with Gasteiger partial charge in [0.25, 0.3) is 5.91 Å². The first-order valence-corrected chi connectivity index (χ1v) is 7.59. The van der Waals surface area contributed by atoms with Crippen LogP contribution in [0.4, 0.5) is 5.69 Å². The molecule has 4 heteroatoms. The summed E-state index contributed by atoms with van der Waals surface area (Å²) in [5, 5.41) is 2.90. The highest BCUT2D eigenvalue weighted by Crippen LogP contribution is 2.23. The van der Waals surface area contributed by atoms with Gasteiger partial charge in [0.15, 0.2) is 0 Å². The highest BCUT2D eigenvalue weighted by atomic mass is 16.5. The first-order chi connectivity index (χ1) is 9.90. The molecule has 1 amide bonds. The normalized spacial score (nSPS) is 11.3. The van der Waals surface area contributed by atoms with Crippen LogP contribution in [0.3, 0.4) is 0 Å². The maximum atomic E-state index is 12.2. The van der Waals surface area contributed by atoms with Crippen LogP contribution in [0, 0.1) is 6.92 Å². The minimum Gasteiger partial charge on any atom is -0.493 e. The van der Waals surface area contributed by atoms with Gasteiger partial charge >= 0.3 is 0 Å². The van der Waals surface area contributed by atoms with Crippen LogP contribution >= 0.6 is 0 Å². The Morgan fingerprint density at radius 3 is 2.43 bits per heavy atom. The lowest BCUT2D eigenvalue weighted by atomic mass is 10.1. The van der Waals surface area contributed by atoms with E-state index < -0.39 is 5.60 Å². The van der Waals surface area contributed by atoms with E-state index in [-0.39, 0.29) is 5.91 Å². The van der Waals surface area contributed by atoms with Crippen LogP contribution in [0.15, 0.2) is 18.2 Å². The van der Waals surface area contributed by atoms with Crippen molar-refractivity contribution in [3.8, 4) is 5.75 Å². The highest BCUT2D eigenvalue weighted by Gasteiger charge is 2.28. The summed E-state index contributed by atoms with van der Waals surface area (Å²) in [6.45, 7) is 10.9. The van der Waals surface area contributed by atoms with E-state index in [2.05, 4.69) is 12.2 Å². The lowest BCUT2D eigenvalue weighted by Gasteiger charge is -2.24. The monoisotopic (exact) mass is 293 g/mol. The summed E-state index contributed by atoms with van der Waals surface area (Å²) in [5.41, 5.74) is 0.935. The van der Waals surface area contributed by atoms with Crippen molar-refractivity contribution in [2.75, 3.05) is 18.5 Å². The molecule has 1 rings (SSSR count). The molecule has 0 heterocycles. The predicted molar refractivity (Wildman–Crippen MR) is 85.9 cm³/mol. The third kappa shape index (κ3) is 5.38. The number of rotatable bonds is 8. The molecule has 0 atom stereocenters. The summed E-state index contributed by atoms with van der Waals surface area (Å²) in [7, 11) is 0. The molecule has 0 bridgehead atoms. The van der Waals surface area contributed by atoms with Gasteiger partial charge < -0.3 is 14.8 Å². The Morgan fingerprint density at radius 1 is 1.19 bits per heavy atom. The molecule has 0 saturated heterocycles. The zero-order valence-electron chi connectivity index (χ0n) is 13.8. The molecule has 1 N–H and O–H groups in total. The van der Waals surface area contributed by atoms with Crippen molar-refractivity contribution in [1.82, 2.24) is 0 Å². The van der Waals surface area contributed by atoms with Gasteiger partial charge in [-0.05, 0) is 57.4 Å². The molecule has 118 valence electrons. The average molecular weight is 293 g/mol. The van der Waals surface area contributed by atoms with E-state index in [9.17, 15) is 4.79 Å². The molecule has 0 aromatic heterocycles. The Labute approximate surface area is 127 Å². The van der Waals surface area contributed by atoms with E-state index in [1.54, 1.807) is 13.8 Å². The minimum absolute atomic E-state index is 0.141. The molecule has 0 unspecified atom stereocenters. The van der Waals surface area contributed by atoms with Gasteiger partial charge in [-0.25, -0.2) is 0 Å². The maximum Gasteiger partial charge on any atom is 0.256 e. The van der Waals surface area contributed by atoms with Crippen molar-refractivity contribution in [2.45, 2.75) is 53.1 Å².